The lowest BCUT2D eigenvalue weighted by molar-refractivity contribution is -0.384. The number of non-ortho nitro benzene ring substituents is 1. The maximum absolute atomic E-state index is 12.1. The van der Waals surface area contributed by atoms with Crippen LogP contribution < -0.4 is 5.32 Å². The molecule has 0 spiro atoms. The van der Waals surface area contributed by atoms with Gasteiger partial charge in [-0.3, -0.25) is 14.9 Å². The molecule has 0 bridgehead atoms. The molecule has 0 saturated heterocycles. The van der Waals surface area contributed by atoms with E-state index in [1.54, 1.807) is 12.1 Å². The number of hydrogen-bond donors (Lipinski definition) is 1. The van der Waals surface area contributed by atoms with E-state index >= 15 is 0 Å². The van der Waals surface area contributed by atoms with Crippen LogP contribution in [0.5, 0.6) is 0 Å². The van der Waals surface area contributed by atoms with Crippen molar-refractivity contribution in [1.29, 1.82) is 0 Å². The maximum atomic E-state index is 12.1. The van der Waals surface area contributed by atoms with Crippen LogP contribution in [0.1, 0.15) is 15.9 Å². The number of nitrogens with zero attached hydrogens (tertiary/aromatic N) is 1. The summed E-state index contributed by atoms with van der Waals surface area (Å²) in [5.74, 6) is -0.404. The van der Waals surface area contributed by atoms with Crippen molar-refractivity contribution < 1.29 is 15.2 Å². The molecule has 0 fully saturated rings. The number of amides is 1. The van der Waals surface area contributed by atoms with Crippen molar-refractivity contribution >= 4 is 28.9 Å². The van der Waals surface area contributed by atoms with E-state index in [9.17, 15) is 14.9 Å². The first-order valence-electron chi connectivity index (χ1n) is 5.80. The van der Waals surface area contributed by atoms with Crippen molar-refractivity contribution in [2.45, 2.75) is 6.92 Å². The third-order valence-electron chi connectivity index (χ3n) is 2.80. The molecule has 2 rings (SSSR count). The van der Waals surface area contributed by atoms with E-state index in [0.29, 0.717) is 5.69 Å². The minimum Gasteiger partial charge on any atom is -0.412 e. The lowest BCUT2D eigenvalue weighted by Crippen LogP contribution is -2.13. The minimum absolute atomic E-state index is 0. The van der Waals surface area contributed by atoms with Gasteiger partial charge in [-0.1, -0.05) is 29.8 Å². The standard InChI is InChI=1S/C14H11ClN2O3.H2O/c1-9-4-2-3-5-13(9)16-14(18)11-7-6-10(17(19)20)8-12(11)15;/h2-8H,1H3,(H,16,18);1H2. The Hall–Kier alpha value is -2.44. The highest BCUT2D eigenvalue weighted by atomic mass is 35.5. The highest BCUT2D eigenvalue weighted by Gasteiger charge is 2.15. The summed E-state index contributed by atoms with van der Waals surface area (Å²) >= 11 is 5.91. The largest absolute Gasteiger partial charge is 0.412 e. The Balaban J connectivity index is 0.00000220. The van der Waals surface area contributed by atoms with Crippen LogP contribution in [0.2, 0.25) is 5.02 Å². The average Bonchev–Trinajstić information content (AvgIpc) is 2.41. The molecule has 21 heavy (non-hydrogen) atoms. The molecule has 0 aliphatic carbocycles. The summed E-state index contributed by atoms with van der Waals surface area (Å²) in [5, 5.41) is 13.4. The van der Waals surface area contributed by atoms with Gasteiger partial charge in [-0.05, 0) is 24.6 Å². The molecule has 2 aromatic carbocycles. The minimum atomic E-state index is -0.561. The van der Waals surface area contributed by atoms with Gasteiger partial charge in [0.05, 0.1) is 15.5 Å². The fourth-order valence-corrected chi connectivity index (χ4v) is 1.97. The summed E-state index contributed by atoms with van der Waals surface area (Å²) < 4.78 is 0. The van der Waals surface area contributed by atoms with Crippen molar-refractivity contribution in [1.82, 2.24) is 0 Å². The normalized spacial score (nSPS) is 9.62. The van der Waals surface area contributed by atoms with Crippen molar-refractivity contribution in [2.75, 3.05) is 5.32 Å². The highest BCUT2D eigenvalue weighted by molar-refractivity contribution is 6.34. The number of anilines is 1. The Kier molecular flexibility index (Phi) is 5.40. The summed E-state index contributed by atoms with van der Waals surface area (Å²) in [6.45, 7) is 1.87. The van der Waals surface area contributed by atoms with Crippen LogP contribution >= 0.6 is 11.6 Å². The van der Waals surface area contributed by atoms with Gasteiger partial charge in [-0.15, -0.1) is 0 Å². The molecule has 7 heteroatoms. The van der Waals surface area contributed by atoms with Crippen molar-refractivity contribution in [3.63, 3.8) is 0 Å². The molecule has 0 aliphatic rings. The van der Waals surface area contributed by atoms with Crippen LogP contribution in [-0.4, -0.2) is 16.3 Å². The van der Waals surface area contributed by atoms with Crippen LogP contribution in [0.15, 0.2) is 42.5 Å². The molecule has 0 radical (unpaired) electrons. The molecule has 0 unspecified atom stereocenters. The molecule has 6 nitrogen and oxygen atoms in total. The molecule has 0 heterocycles. The Morgan fingerprint density at radius 1 is 1.24 bits per heavy atom. The lowest BCUT2D eigenvalue weighted by Gasteiger charge is -2.09. The third-order valence-corrected chi connectivity index (χ3v) is 3.11. The van der Waals surface area contributed by atoms with E-state index < -0.39 is 10.8 Å². The number of benzene rings is 2. The number of nitro groups is 1. The number of nitrogens with one attached hydrogen (secondary N) is 1. The van der Waals surface area contributed by atoms with Gasteiger partial charge >= 0.3 is 0 Å². The number of nitro benzene ring substituents is 1. The van der Waals surface area contributed by atoms with Gasteiger partial charge in [0.2, 0.25) is 0 Å². The van der Waals surface area contributed by atoms with Crippen LogP contribution in [0.4, 0.5) is 11.4 Å². The zero-order valence-corrected chi connectivity index (χ0v) is 11.8. The molecule has 0 saturated carbocycles. The van der Waals surface area contributed by atoms with Gasteiger partial charge in [0.1, 0.15) is 0 Å². The topological polar surface area (TPSA) is 104 Å². The van der Waals surface area contributed by atoms with Gasteiger partial charge in [0, 0.05) is 17.8 Å². The number of rotatable bonds is 3. The summed E-state index contributed by atoms with van der Waals surface area (Å²) in [7, 11) is 0. The first-order chi connectivity index (χ1) is 9.49. The number of carbonyl (C=O) groups excluding carboxylic acids is 1. The second-order valence-corrected chi connectivity index (χ2v) is 4.60. The van der Waals surface area contributed by atoms with Crippen molar-refractivity contribution in [3.8, 4) is 0 Å². The molecule has 0 aromatic heterocycles. The third kappa shape index (κ3) is 3.77. The van der Waals surface area contributed by atoms with E-state index in [-0.39, 0.29) is 21.7 Å². The average molecular weight is 309 g/mol. The molecule has 0 aliphatic heterocycles. The Bertz CT molecular complexity index is 688. The fourth-order valence-electron chi connectivity index (χ4n) is 1.70. The highest BCUT2D eigenvalue weighted by Crippen LogP contribution is 2.24. The van der Waals surface area contributed by atoms with Gasteiger partial charge in [0.15, 0.2) is 0 Å². The Morgan fingerprint density at radius 3 is 2.48 bits per heavy atom. The predicted molar refractivity (Wildman–Crippen MR) is 80.9 cm³/mol. The first kappa shape index (κ1) is 16.6. The van der Waals surface area contributed by atoms with Crippen LogP contribution in [-0.2, 0) is 0 Å². The van der Waals surface area contributed by atoms with Crippen LogP contribution in [0.3, 0.4) is 0 Å². The molecular weight excluding hydrogens is 296 g/mol. The number of aryl methyl sites for hydroxylation is 1. The van der Waals surface area contributed by atoms with E-state index in [2.05, 4.69) is 5.32 Å². The molecule has 0 atom stereocenters. The second kappa shape index (κ2) is 6.83. The van der Waals surface area contributed by atoms with E-state index in [1.165, 1.54) is 12.1 Å². The number of para-hydroxylation sites is 1. The van der Waals surface area contributed by atoms with Gasteiger partial charge < -0.3 is 10.8 Å². The number of hydrogen-bond acceptors (Lipinski definition) is 3. The van der Waals surface area contributed by atoms with E-state index in [0.717, 1.165) is 11.6 Å². The Morgan fingerprint density at radius 2 is 1.90 bits per heavy atom. The smallest absolute Gasteiger partial charge is 0.270 e. The van der Waals surface area contributed by atoms with E-state index in [1.807, 2.05) is 19.1 Å². The second-order valence-electron chi connectivity index (χ2n) is 4.19. The molecule has 3 N–H and O–H groups in total. The number of halogens is 1. The quantitative estimate of drug-likeness (QED) is 0.696. The van der Waals surface area contributed by atoms with Crippen LogP contribution in [0, 0.1) is 17.0 Å². The van der Waals surface area contributed by atoms with Crippen molar-refractivity contribution in [2.24, 2.45) is 0 Å². The van der Waals surface area contributed by atoms with Crippen molar-refractivity contribution in [3.05, 3.63) is 68.7 Å². The molecule has 1 amide bonds. The summed E-state index contributed by atoms with van der Waals surface area (Å²) in [6, 6.07) is 11.1. The number of carbonyl (C=O) groups is 1. The molecule has 110 valence electrons. The Labute approximate surface area is 125 Å². The first-order valence-corrected chi connectivity index (χ1v) is 6.18. The molecular formula is C14H13ClN2O4. The summed E-state index contributed by atoms with van der Waals surface area (Å²) in [6.07, 6.45) is 0. The molecule has 2 aromatic rings. The van der Waals surface area contributed by atoms with Gasteiger partial charge in [-0.2, -0.15) is 0 Å². The zero-order valence-electron chi connectivity index (χ0n) is 11.1. The lowest BCUT2D eigenvalue weighted by atomic mass is 10.1. The van der Waals surface area contributed by atoms with Gasteiger partial charge in [0.25, 0.3) is 11.6 Å². The SMILES string of the molecule is Cc1ccccc1NC(=O)c1ccc([N+](=O)[O-])cc1Cl.O. The van der Waals surface area contributed by atoms with Crippen LogP contribution in [0.25, 0.3) is 0 Å². The van der Waals surface area contributed by atoms with Gasteiger partial charge in [-0.25, -0.2) is 0 Å². The summed E-state index contributed by atoms with van der Waals surface area (Å²) in [4.78, 5) is 22.2. The van der Waals surface area contributed by atoms with E-state index in [4.69, 9.17) is 11.6 Å². The fraction of sp³-hybridized carbons (Fsp3) is 0.0714. The summed E-state index contributed by atoms with van der Waals surface area (Å²) in [5.41, 5.74) is 1.63. The predicted octanol–water partition coefficient (Wildman–Crippen LogP) is 2.98. The monoisotopic (exact) mass is 308 g/mol. The maximum Gasteiger partial charge on any atom is 0.270 e. The zero-order chi connectivity index (χ0) is 14.7.